The lowest BCUT2D eigenvalue weighted by molar-refractivity contribution is -0.142. The fourth-order valence-electron chi connectivity index (χ4n) is 4.74. The summed E-state index contributed by atoms with van der Waals surface area (Å²) in [5.41, 5.74) is 3.57. The molecule has 0 aliphatic carbocycles. The van der Waals surface area contributed by atoms with Crippen LogP contribution >= 0.6 is 0 Å². The number of amides is 2. The van der Waals surface area contributed by atoms with Crippen molar-refractivity contribution in [2.75, 3.05) is 19.8 Å². The summed E-state index contributed by atoms with van der Waals surface area (Å²) in [6.07, 6.45) is 6.65. The summed E-state index contributed by atoms with van der Waals surface area (Å²) in [5.74, 6) is -0.328. The lowest BCUT2D eigenvalue weighted by Gasteiger charge is -2.29. The van der Waals surface area contributed by atoms with E-state index in [9.17, 15) is 14.9 Å². The van der Waals surface area contributed by atoms with Crippen LogP contribution in [-0.2, 0) is 14.3 Å². The molecule has 2 aromatic carbocycles. The van der Waals surface area contributed by atoms with E-state index in [2.05, 4.69) is 6.58 Å². The van der Waals surface area contributed by atoms with E-state index in [0.29, 0.717) is 35.8 Å². The van der Waals surface area contributed by atoms with Gasteiger partial charge in [-0.3, -0.25) is 14.5 Å². The molecule has 3 aromatic rings. The van der Waals surface area contributed by atoms with Gasteiger partial charge in [0.2, 0.25) is 0 Å². The van der Waals surface area contributed by atoms with E-state index in [0.717, 1.165) is 29.0 Å². The summed E-state index contributed by atoms with van der Waals surface area (Å²) < 4.78 is 13.0. The maximum atomic E-state index is 13.7. The molecule has 8 nitrogen and oxygen atoms in total. The second-order valence-electron chi connectivity index (χ2n) is 9.36. The SMILES string of the molecule is C=CCOc1ccc(-c2nn(-c3ccccc3)cc2/C=C2/C(=O)N(CC3CCCO3)C(=O)C(C#N)=C2C)cc1. The summed E-state index contributed by atoms with van der Waals surface area (Å²) in [6, 6.07) is 19.2. The van der Waals surface area contributed by atoms with Crippen LogP contribution in [0.3, 0.4) is 0 Å². The Morgan fingerprint density at radius 1 is 1.15 bits per heavy atom. The molecule has 1 aromatic heterocycles. The van der Waals surface area contributed by atoms with E-state index in [1.807, 2.05) is 66.9 Å². The third-order valence-electron chi connectivity index (χ3n) is 6.79. The number of ether oxygens (including phenoxy) is 2. The molecule has 1 unspecified atom stereocenters. The summed E-state index contributed by atoms with van der Waals surface area (Å²) in [5, 5.41) is 14.6. The van der Waals surface area contributed by atoms with E-state index < -0.39 is 11.8 Å². The Labute approximate surface area is 227 Å². The Morgan fingerprint density at radius 3 is 2.59 bits per heavy atom. The molecule has 2 aliphatic heterocycles. The molecule has 1 saturated heterocycles. The number of para-hydroxylation sites is 1. The smallest absolute Gasteiger partial charge is 0.271 e. The van der Waals surface area contributed by atoms with Crippen molar-refractivity contribution in [2.24, 2.45) is 0 Å². The molecular weight excluding hydrogens is 492 g/mol. The number of nitriles is 1. The summed E-state index contributed by atoms with van der Waals surface area (Å²) in [4.78, 5) is 27.8. The van der Waals surface area contributed by atoms with E-state index in [1.165, 1.54) is 0 Å². The maximum Gasteiger partial charge on any atom is 0.271 e. The molecular formula is C31H28N4O4. The Kier molecular flexibility index (Phi) is 7.53. The fourth-order valence-corrected chi connectivity index (χ4v) is 4.74. The molecule has 196 valence electrons. The monoisotopic (exact) mass is 520 g/mol. The fraction of sp³-hybridized carbons (Fsp3) is 0.226. The highest BCUT2D eigenvalue weighted by Gasteiger charge is 2.37. The number of rotatable bonds is 8. The minimum atomic E-state index is -0.581. The van der Waals surface area contributed by atoms with E-state index in [-0.39, 0.29) is 23.8 Å². The zero-order valence-electron chi connectivity index (χ0n) is 21.7. The van der Waals surface area contributed by atoms with E-state index in [1.54, 1.807) is 23.8 Å². The Hall–Kier alpha value is -4.74. The summed E-state index contributed by atoms with van der Waals surface area (Å²) in [6.45, 7) is 6.43. The number of hydrogen-bond acceptors (Lipinski definition) is 6. The maximum absolute atomic E-state index is 13.7. The van der Waals surface area contributed by atoms with Crippen LogP contribution in [0, 0.1) is 11.3 Å². The lowest BCUT2D eigenvalue weighted by Crippen LogP contribution is -2.46. The highest BCUT2D eigenvalue weighted by molar-refractivity contribution is 6.19. The van der Waals surface area contributed by atoms with Gasteiger partial charge in [0, 0.05) is 29.5 Å². The highest BCUT2D eigenvalue weighted by Crippen LogP contribution is 2.32. The molecule has 2 aliphatic rings. The second kappa shape index (κ2) is 11.3. The highest BCUT2D eigenvalue weighted by atomic mass is 16.5. The van der Waals surface area contributed by atoms with Gasteiger partial charge in [-0.1, -0.05) is 30.9 Å². The van der Waals surface area contributed by atoms with Crippen molar-refractivity contribution >= 4 is 17.9 Å². The average molecular weight is 521 g/mol. The lowest BCUT2D eigenvalue weighted by atomic mass is 9.93. The number of imide groups is 1. The average Bonchev–Trinajstić information content (AvgIpc) is 3.64. The number of aromatic nitrogens is 2. The molecule has 0 spiro atoms. The first-order valence-corrected chi connectivity index (χ1v) is 12.8. The van der Waals surface area contributed by atoms with Gasteiger partial charge in [0.05, 0.1) is 24.0 Å². The molecule has 1 fully saturated rings. The number of carbonyl (C=O) groups excluding carboxylic acids is 2. The van der Waals surface area contributed by atoms with Crippen LogP contribution in [-0.4, -0.2) is 52.4 Å². The second-order valence-corrected chi connectivity index (χ2v) is 9.36. The van der Waals surface area contributed by atoms with Crippen molar-refractivity contribution < 1.29 is 19.1 Å². The van der Waals surface area contributed by atoms with Crippen LogP contribution in [0.4, 0.5) is 0 Å². The van der Waals surface area contributed by atoms with Crippen LogP contribution < -0.4 is 4.74 Å². The van der Waals surface area contributed by atoms with Gasteiger partial charge in [-0.05, 0) is 67.8 Å². The van der Waals surface area contributed by atoms with Gasteiger partial charge < -0.3 is 9.47 Å². The topological polar surface area (TPSA) is 97.4 Å². The van der Waals surface area contributed by atoms with Crippen molar-refractivity contribution in [3.05, 3.63) is 95.7 Å². The third kappa shape index (κ3) is 5.31. The molecule has 0 radical (unpaired) electrons. The predicted molar refractivity (Wildman–Crippen MR) is 147 cm³/mol. The van der Waals surface area contributed by atoms with Crippen LogP contribution in [0.15, 0.2) is 90.2 Å². The minimum Gasteiger partial charge on any atom is -0.490 e. The van der Waals surface area contributed by atoms with Crippen LogP contribution in [0.2, 0.25) is 0 Å². The Balaban J connectivity index is 1.60. The van der Waals surface area contributed by atoms with Gasteiger partial charge in [-0.2, -0.15) is 10.4 Å². The molecule has 3 heterocycles. The Morgan fingerprint density at radius 2 is 1.92 bits per heavy atom. The van der Waals surface area contributed by atoms with Crippen molar-refractivity contribution in [1.29, 1.82) is 5.26 Å². The molecule has 0 bridgehead atoms. The zero-order valence-corrected chi connectivity index (χ0v) is 21.7. The van der Waals surface area contributed by atoms with E-state index in [4.69, 9.17) is 14.6 Å². The van der Waals surface area contributed by atoms with Crippen molar-refractivity contribution in [3.8, 4) is 28.8 Å². The largest absolute Gasteiger partial charge is 0.490 e. The van der Waals surface area contributed by atoms with Crippen LogP contribution in [0.1, 0.15) is 25.3 Å². The van der Waals surface area contributed by atoms with Crippen LogP contribution in [0.25, 0.3) is 23.0 Å². The number of hydrogen-bond donors (Lipinski definition) is 0. The molecule has 39 heavy (non-hydrogen) atoms. The first kappa shape index (κ1) is 25.9. The summed E-state index contributed by atoms with van der Waals surface area (Å²) in [7, 11) is 0. The third-order valence-corrected chi connectivity index (χ3v) is 6.79. The van der Waals surface area contributed by atoms with Gasteiger partial charge >= 0.3 is 0 Å². The van der Waals surface area contributed by atoms with Gasteiger partial charge in [0.1, 0.15) is 24.0 Å². The molecule has 1 atom stereocenters. The van der Waals surface area contributed by atoms with Gasteiger partial charge in [-0.25, -0.2) is 4.68 Å². The quantitative estimate of drug-likeness (QED) is 0.239. The van der Waals surface area contributed by atoms with Crippen LogP contribution in [0.5, 0.6) is 5.75 Å². The minimum absolute atomic E-state index is 0.0421. The van der Waals surface area contributed by atoms with Crippen molar-refractivity contribution in [3.63, 3.8) is 0 Å². The molecule has 0 N–H and O–H groups in total. The van der Waals surface area contributed by atoms with E-state index >= 15 is 0 Å². The summed E-state index contributed by atoms with van der Waals surface area (Å²) >= 11 is 0. The van der Waals surface area contributed by atoms with Gasteiger partial charge in [0.25, 0.3) is 11.8 Å². The van der Waals surface area contributed by atoms with Crippen molar-refractivity contribution in [2.45, 2.75) is 25.9 Å². The Bertz CT molecular complexity index is 1500. The number of carbonyl (C=O) groups is 2. The molecule has 5 rings (SSSR count). The number of benzene rings is 2. The van der Waals surface area contributed by atoms with Crippen molar-refractivity contribution in [1.82, 2.24) is 14.7 Å². The van der Waals surface area contributed by atoms with Gasteiger partial charge in [0.15, 0.2) is 0 Å². The normalized spacial score (nSPS) is 18.5. The zero-order chi connectivity index (χ0) is 27.4. The molecule has 2 amide bonds. The number of nitrogens with zero attached hydrogens (tertiary/aromatic N) is 4. The first-order chi connectivity index (χ1) is 19.0. The first-order valence-electron chi connectivity index (χ1n) is 12.8. The predicted octanol–water partition coefficient (Wildman–Crippen LogP) is 4.88. The standard InChI is InChI=1S/C31H28N4O4/c1-3-15-38-25-13-11-22(12-14-25)29-23(19-35(33-29)24-8-5-4-6-9-24)17-27-21(2)28(18-32)31(37)34(30(27)36)20-26-10-7-16-39-26/h3-6,8-9,11-14,17,19,26H,1,7,10,15-16,20H2,2H3/b27-17+. The molecule has 0 saturated carbocycles. The van der Waals surface area contributed by atoms with Gasteiger partial charge in [-0.15, -0.1) is 0 Å². The molecule has 8 heteroatoms.